The molecule has 0 aromatic heterocycles. The van der Waals surface area contributed by atoms with Gasteiger partial charge in [-0.15, -0.1) is 0 Å². The van der Waals surface area contributed by atoms with E-state index in [0.717, 1.165) is 4.47 Å². The first-order chi connectivity index (χ1) is 8.70. The Hall–Kier alpha value is -1.34. The summed E-state index contributed by atoms with van der Waals surface area (Å²) in [5.41, 5.74) is 1.12. The van der Waals surface area contributed by atoms with Crippen molar-refractivity contribution in [1.82, 2.24) is 0 Å². The largest absolute Gasteiger partial charge is 0.325 e. The number of halogens is 1. The highest BCUT2D eigenvalue weighted by atomic mass is 79.9. The molecule has 2 saturated carbocycles. The predicted octanol–water partition coefficient (Wildman–Crippen LogP) is 3.31. The van der Waals surface area contributed by atoms with Crippen molar-refractivity contribution in [3.8, 4) is 6.07 Å². The van der Waals surface area contributed by atoms with Gasteiger partial charge in [0.2, 0.25) is 5.91 Å². The van der Waals surface area contributed by atoms with E-state index in [2.05, 4.69) is 27.3 Å². The van der Waals surface area contributed by atoms with Crippen LogP contribution in [0.15, 0.2) is 22.7 Å². The van der Waals surface area contributed by atoms with E-state index in [1.807, 2.05) is 6.07 Å². The van der Waals surface area contributed by atoms with Crippen LogP contribution < -0.4 is 5.32 Å². The normalized spacial score (nSPS) is 28.3. The maximum atomic E-state index is 12.1. The van der Waals surface area contributed by atoms with E-state index in [4.69, 9.17) is 5.26 Å². The molecule has 1 N–H and O–H groups in total. The van der Waals surface area contributed by atoms with Crippen molar-refractivity contribution in [2.45, 2.75) is 19.3 Å². The molecule has 2 atom stereocenters. The van der Waals surface area contributed by atoms with Crippen LogP contribution >= 0.6 is 15.9 Å². The number of anilines is 1. The Kier molecular flexibility index (Phi) is 2.87. The minimum Gasteiger partial charge on any atom is -0.325 e. The van der Waals surface area contributed by atoms with Crippen LogP contribution in [0.5, 0.6) is 0 Å². The minimum absolute atomic E-state index is 0.0866. The van der Waals surface area contributed by atoms with Crippen LogP contribution in [-0.4, -0.2) is 5.91 Å². The average Bonchev–Trinajstić information content (AvgIpc) is 2.85. The summed E-state index contributed by atoms with van der Waals surface area (Å²) in [6.45, 7) is 0. The number of nitriles is 1. The van der Waals surface area contributed by atoms with Gasteiger partial charge in [0.25, 0.3) is 0 Å². The lowest BCUT2D eigenvalue weighted by molar-refractivity contribution is -0.118. The Bertz CT molecular complexity index is 539. The first-order valence-electron chi connectivity index (χ1n) is 6.21. The first-order valence-corrected chi connectivity index (χ1v) is 7.00. The fourth-order valence-corrected chi connectivity index (χ4v) is 3.51. The van der Waals surface area contributed by atoms with Gasteiger partial charge in [-0.1, -0.05) is 22.4 Å². The summed E-state index contributed by atoms with van der Waals surface area (Å²) >= 11 is 3.32. The summed E-state index contributed by atoms with van der Waals surface area (Å²) in [7, 11) is 0. The zero-order valence-electron chi connectivity index (χ0n) is 9.82. The standard InChI is InChI=1S/C14H13BrN2O/c15-9-4-5-12(8(6-9)7-16)17-14(18)13-10-2-1-3-11(10)13/h4-6,10-11,13H,1-3H2,(H,17,18). The van der Waals surface area contributed by atoms with Crippen LogP contribution in [-0.2, 0) is 4.79 Å². The van der Waals surface area contributed by atoms with Crippen LogP contribution in [0.1, 0.15) is 24.8 Å². The maximum absolute atomic E-state index is 12.1. The number of hydrogen-bond acceptors (Lipinski definition) is 2. The van der Waals surface area contributed by atoms with E-state index in [0.29, 0.717) is 23.1 Å². The second-order valence-electron chi connectivity index (χ2n) is 5.08. The monoisotopic (exact) mass is 304 g/mol. The van der Waals surface area contributed by atoms with Gasteiger partial charge in [-0.3, -0.25) is 4.79 Å². The van der Waals surface area contributed by atoms with Crippen LogP contribution in [0.4, 0.5) is 5.69 Å². The van der Waals surface area contributed by atoms with Gasteiger partial charge in [-0.25, -0.2) is 0 Å². The van der Waals surface area contributed by atoms with Crippen molar-refractivity contribution in [3.05, 3.63) is 28.2 Å². The second-order valence-corrected chi connectivity index (χ2v) is 5.99. The van der Waals surface area contributed by atoms with Gasteiger partial charge in [-0.05, 0) is 42.9 Å². The molecule has 0 radical (unpaired) electrons. The molecule has 0 saturated heterocycles. The highest BCUT2D eigenvalue weighted by molar-refractivity contribution is 9.10. The van der Waals surface area contributed by atoms with E-state index in [1.165, 1.54) is 19.3 Å². The zero-order valence-corrected chi connectivity index (χ0v) is 11.4. The van der Waals surface area contributed by atoms with E-state index in [9.17, 15) is 4.79 Å². The van der Waals surface area contributed by atoms with E-state index < -0.39 is 0 Å². The quantitative estimate of drug-likeness (QED) is 0.911. The Labute approximate surface area is 114 Å². The molecular formula is C14H13BrN2O. The topological polar surface area (TPSA) is 52.9 Å². The molecule has 4 heteroatoms. The van der Waals surface area contributed by atoms with Crippen molar-refractivity contribution >= 4 is 27.5 Å². The van der Waals surface area contributed by atoms with Gasteiger partial charge in [0.05, 0.1) is 11.3 Å². The van der Waals surface area contributed by atoms with Crippen LogP contribution in [0.25, 0.3) is 0 Å². The Morgan fingerprint density at radius 3 is 2.78 bits per heavy atom. The van der Waals surface area contributed by atoms with E-state index in [1.54, 1.807) is 12.1 Å². The number of hydrogen-bond donors (Lipinski definition) is 1. The molecule has 1 amide bonds. The Morgan fingerprint density at radius 2 is 2.11 bits per heavy atom. The third-order valence-corrected chi connectivity index (χ3v) is 4.56. The molecule has 2 aliphatic rings. The Balaban J connectivity index is 1.73. The maximum Gasteiger partial charge on any atom is 0.228 e. The first kappa shape index (κ1) is 11.7. The summed E-state index contributed by atoms with van der Waals surface area (Å²) < 4.78 is 0.848. The number of fused-ring (bicyclic) bond motifs is 1. The predicted molar refractivity (Wildman–Crippen MR) is 71.8 cm³/mol. The highest BCUT2D eigenvalue weighted by Gasteiger charge is 2.56. The molecular weight excluding hydrogens is 292 g/mol. The molecule has 3 rings (SSSR count). The molecule has 2 unspecified atom stereocenters. The van der Waals surface area contributed by atoms with Crippen molar-refractivity contribution < 1.29 is 4.79 Å². The molecule has 1 aromatic carbocycles. The number of benzene rings is 1. The molecule has 2 aliphatic carbocycles. The lowest BCUT2D eigenvalue weighted by atomic mass is 10.1. The number of nitrogens with zero attached hydrogens (tertiary/aromatic N) is 1. The lowest BCUT2D eigenvalue weighted by Gasteiger charge is -2.08. The van der Waals surface area contributed by atoms with Crippen LogP contribution in [0, 0.1) is 29.1 Å². The van der Waals surface area contributed by atoms with Crippen molar-refractivity contribution in [2.24, 2.45) is 17.8 Å². The SMILES string of the molecule is N#Cc1cc(Br)ccc1NC(=O)C1C2CCCC21. The number of carbonyl (C=O) groups excluding carboxylic acids is 1. The van der Waals surface area contributed by atoms with Gasteiger partial charge in [0, 0.05) is 10.4 Å². The molecule has 1 aromatic rings. The van der Waals surface area contributed by atoms with Gasteiger partial charge in [-0.2, -0.15) is 5.26 Å². The molecule has 2 fully saturated rings. The smallest absolute Gasteiger partial charge is 0.228 e. The molecule has 0 bridgehead atoms. The average molecular weight is 305 g/mol. The molecule has 0 aliphatic heterocycles. The summed E-state index contributed by atoms with van der Waals surface area (Å²) in [6, 6.07) is 7.45. The molecule has 0 heterocycles. The molecule has 3 nitrogen and oxygen atoms in total. The summed E-state index contributed by atoms with van der Waals surface area (Å²) in [6.07, 6.45) is 3.64. The minimum atomic E-state index is 0.0866. The second kappa shape index (κ2) is 4.40. The summed E-state index contributed by atoms with van der Waals surface area (Å²) in [5.74, 6) is 1.48. The molecule has 0 spiro atoms. The van der Waals surface area contributed by atoms with Crippen LogP contribution in [0.3, 0.4) is 0 Å². The third-order valence-electron chi connectivity index (χ3n) is 4.07. The van der Waals surface area contributed by atoms with E-state index in [-0.39, 0.29) is 11.8 Å². The Morgan fingerprint density at radius 1 is 1.39 bits per heavy atom. The number of nitrogens with one attached hydrogen (secondary N) is 1. The number of amides is 1. The van der Waals surface area contributed by atoms with Gasteiger partial charge < -0.3 is 5.32 Å². The summed E-state index contributed by atoms with van der Waals surface area (Å²) in [4.78, 5) is 12.1. The fourth-order valence-electron chi connectivity index (χ4n) is 3.14. The number of rotatable bonds is 2. The van der Waals surface area contributed by atoms with Crippen molar-refractivity contribution in [2.75, 3.05) is 5.32 Å². The highest BCUT2D eigenvalue weighted by Crippen LogP contribution is 2.57. The van der Waals surface area contributed by atoms with E-state index >= 15 is 0 Å². The van der Waals surface area contributed by atoms with Crippen molar-refractivity contribution in [1.29, 1.82) is 5.26 Å². The third kappa shape index (κ3) is 1.93. The lowest BCUT2D eigenvalue weighted by Crippen LogP contribution is -2.17. The number of carbonyl (C=O) groups is 1. The van der Waals surface area contributed by atoms with Gasteiger partial charge >= 0.3 is 0 Å². The van der Waals surface area contributed by atoms with Crippen LogP contribution in [0.2, 0.25) is 0 Å². The zero-order chi connectivity index (χ0) is 12.7. The fraction of sp³-hybridized carbons (Fsp3) is 0.429. The summed E-state index contributed by atoms with van der Waals surface area (Å²) in [5, 5.41) is 11.9. The molecule has 92 valence electrons. The van der Waals surface area contributed by atoms with Crippen molar-refractivity contribution in [3.63, 3.8) is 0 Å². The molecule has 18 heavy (non-hydrogen) atoms. The van der Waals surface area contributed by atoms with Gasteiger partial charge in [0.1, 0.15) is 6.07 Å². The van der Waals surface area contributed by atoms with Gasteiger partial charge in [0.15, 0.2) is 0 Å².